The molecule has 1 aromatic rings. The molecule has 1 aromatic heterocycles. The number of nitrogens with one attached hydrogen (secondary N) is 2. The number of hydrogen-bond acceptors (Lipinski definition) is 3. The van der Waals surface area contributed by atoms with Gasteiger partial charge in [0.2, 0.25) is 0 Å². The van der Waals surface area contributed by atoms with E-state index in [0.29, 0.717) is 6.04 Å². The van der Waals surface area contributed by atoms with Gasteiger partial charge in [0.25, 0.3) is 0 Å². The minimum absolute atomic E-state index is 0.624. The Morgan fingerprint density at radius 1 is 1.43 bits per heavy atom. The number of aliphatic imine (C=N–C) groups is 1. The zero-order chi connectivity index (χ0) is 15.1. The van der Waals surface area contributed by atoms with Crippen LogP contribution in [0.4, 0.5) is 0 Å². The zero-order valence-corrected chi connectivity index (χ0v) is 13.5. The first-order valence-corrected chi connectivity index (χ1v) is 7.90. The van der Waals surface area contributed by atoms with Crippen molar-refractivity contribution in [3.05, 3.63) is 18.0 Å². The van der Waals surface area contributed by atoms with Gasteiger partial charge < -0.3 is 10.6 Å². The molecule has 0 aromatic carbocycles. The van der Waals surface area contributed by atoms with E-state index in [-0.39, 0.29) is 0 Å². The van der Waals surface area contributed by atoms with Crippen molar-refractivity contribution in [2.24, 2.45) is 12.0 Å². The molecule has 0 bridgehead atoms. The fourth-order valence-corrected chi connectivity index (χ4v) is 2.89. The van der Waals surface area contributed by atoms with Crippen molar-refractivity contribution >= 4 is 5.96 Å². The van der Waals surface area contributed by atoms with E-state index in [1.165, 1.54) is 25.8 Å². The quantitative estimate of drug-likeness (QED) is 0.627. The van der Waals surface area contributed by atoms with Crippen molar-refractivity contribution < 1.29 is 0 Å². The van der Waals surface area contributed by atoms with Crippen LogP contribution in [-0.4, -0.2) is 53.4 Å². The minimum atomic E-state index is 0.624. The number of piperidine rings is 1. The molecule has 1 saturated heterocycles. The van der Waals surface area contributed by atoms with Crippen LogP contribution in [0.3, 0.4) is 0 Å². The number of likely N-dealkylation sites (tertiary alicyclic amines) is 1. The summed E-state index contributed by atoms with van der Waals surface area (Å²) >= 11 is 0. The van der Waals surface area contributed by atoms with E-state index in [2.05, 4.69) is 32.5 Å². The van der Waals surface area contributed by atoms with E-state index in [4.69, 9.17) is 0 Å². The molecule has 1 aliphatic heterocycles. The summed E-state index contributed by atoms with van der Waals surface area (Å²) in [5.74, 6) is 0.859. The van der Waals surface area contributed by atoms with Gasteiger partial charge in [-0.2, -0.15) is 5.10 Å². The Balaban J connectivity index is 1.78. The molecular formula is C15H28N6. The van der Waals surface area contributed by atoms with Crippen LogP contribution >= 0.6 is 0 Å². The number of nitrogens with zero attached hydrogens (tertiary/aromatic N) is 4. The summed E-state index contributed by atoms with van der Waals surface area (Å²) in [5.41, 5.74) is 1.14. The summed E-state index contributed by atoms with van der Waals surface area (Å²) in [6.45, 7) is 6.29. The maximum Gasteiger partial charge on any atom is 0.191 e. The standard InChI is InChI=1S/C15H28N6/c1-4-21-10-6-5-7-14(21)12-18-15(16-2)17-11-13-8-9-19-20(13)3/h8-9,14H,4-7,10-12H2,1-3H3,(H2,16,17,18). The van der Waals surface area contributed by atoms with Crippen LogP contribution in [-0.2, 0) is 13.6 Å². The van der Waals surface area contributed by atoms with Gasteiger partial charge in [-0.15, -0.1) is 0 Å². The number of hydrogen-bond donors (Lipinski definition) is 2. The Bertz CT molecular complexity index is 453. The normalized spacial score (nSPS) is 20.5. The van der Waals surface area contributed by atoms with Gasteiger partial charge in [-0.3, -0.25) is 14.6 Å². The van der Waals surface area contributed by atoms with Crippen LogP contribution in [0.15, 0.2) is 17.3 Å². The Hall–Kier alpha value is -1.56. The molecule has 0 aliphatic carbocycles. The molecule has 0 saturated carbocycles. The Labute approximate surface area is 127 Å². The number of aryl methyl sites for hydroxylation is 1. The van der Waals surface area contributed by atoms with Crippen molar-refractivity contribution in [1.29, 1.82) is 0 Å². The van der Waals surface area contributed by atoms with Crippen molar-refractivity contribution in [3.8, 4) is 0 Å². The summed E-state index contributed by atoms with van der Waals surface area (Å²) in [6, 6.07) is 2.64. The Morgan fingerprint density at radius 3 is 2.95 bits per heavy atom. The average molecular weight is 292 g/mol. The maximum atomic E-state index is 4.30. The van der Waals surface area contributed by atoms with Crippen molar-refractivity contribution in [2.75, 3.05) is 26.7 Å². The van der Waals surface area contributed by atoms with Crippen LogP contribution in [0.25, 0.3) is 0 Å². The van der Waals surface area contributed by atoms with Gasteiger partial charge in [0, 0.05) is 32.9 Å². The predicted molar refractivity (Wildman–Crippen MR) is 86.3 cm³/mol. The molecule has 118 valence electrons. The highest BCUT2D eigenvalue weighted by atomic mass is 15.3. The second-order valence-electron chi connectivity index (χ2n) is 5.53. The SMILES string of the molecule is CCN1CCCCC1CNC(=NC)NCc1ccnn1C. The van der Waals surface area contributed by atoms with Crippen LogP contribution < -0.4 is 10.6 Å². The first-order chi connectivity index (χ1) is 10.2. The molecule has 1 atom stereocenters. The van der Waals surface area contributed by atoms with E-state index in [9.17, 15) is 0 Å². The first-order valence-electron chi connectivity index (χ1n) is 7.90. The summed E-state index contributed by atoms with van der Waals surface area (Å²) in [6.07, 6.45) is 5.76. The molecule has 0 spiro atoms. The highest BCUT2D eigenvalue weighted by Crippen LogP contribution is 2.15. The molecule has 2 heterocycles. The molecule has 6 heteroatoms. The van der Waals surface area contributed by atoms with Crippen LogP contribution in [0, 0.1) is 0 Å². The van der Waals surface area contributed by atoms with E-state index < -0.39 is 0 Å². The Morgan fingerprint density at radius 2 is 2.29 bits per heavy atom. The smallest absolute Gasteiger partial charge is 0.191 e. The van der Waals surface area contributed by atoms with Gasteiger partial charge >= 0.3 is 0 Å². The van der Waals surface area contributed by atoms with Gasteiger partial charge in [0.15, 0.2) is 5.96 Å². The van der Waals surface area contributed by atoms with Crippen LogP contribution in [0.1, 0.15) is 31.9 Å². The molecular weight excluding hydrogens is 264 g/mol. The van der Waals surface area contributed by atoms with Gasteiger partial charge in [0.1, 0.15) is 0 Å². The van der Waals surface area contributed by atoms with E-state index in [0.717, 1.165) is 31.3 Å². The third-order valence-electron chi connectivity index (χ3n) is 4.24. The molecule has 21 heavy (non-hydrogen) atoms. The summed E-state index contributed by atoms with van der Waals surface area (Å²) < 4.78 is 1.88. The summed E-state index contributed by atoms with van der Waals surface area (Å²) in [4.78, 5) is 6.86. The van der Waals surface area contributed by atoms with Crippen molar-refractivity contribution in [2.45, 2.75) is 38.8 Å². The van der Waals surface area contributed by atoms with Gasteiger partial charge in [-0.25, -0.2) is 0 Å². The lowest BCUT2D eigenvalue weighted by molar-refractivity contribution is 0.157. The number of guanidine groups is 1. The second-order valence-corrected chi connectivity index (χ2v) is 5.53. The van der Waals surface area contributed by atoms with Crippen molar-refractivity contribution in [1.82, 2.24) is 25.3 Å². The fraction of sp³-hybridized carbons (Fsp3) is 0.733. The summed E-state index contributed by atoms with van der Waals surface area (Å²) in [5, 5.41) is 11.0. The first kappa shape index (κ1) is 15.8. The molecule has 2 rings (SSSR count). The number of aromatic nitrogens is 2. The molecule has 2 N–H and O–H groups in total. The van der Waals surface area contributed by atoms with Crippen LogP contribution in [0.5, 0.6) is 0 Å². The average Bonchev–Trinajstić information content (AvgIpc) is 2.93. The highest BCUT2D eigenvalue weighted by molar-refractivity contribution is 5.79. The molecule has 0 radical (unpaired) electrons. The predicted octanol–water partition coefficient (Wildman–Crippen LogP) is 0.960. The maximum absolute atomic E-state index is 4.30. The monoisotopic (exact) mass is 292 g/mol. The second kappa shape index (κ2) is 8.02. The molecule has 0 amide bonds. The number of likely N-dealkylation sites (N-methyl/N-ethyl adjacent to an activating group) is 1. The third-order valence-corrected chi connectivity index (χ3v) is 4.24. The van der Waals surface area contributed by atoms with E-state index >= 15 is 0 Å². The summed E-state index contributed by atoms with van der Waals surface area (Å²) in [7, 11) is 3.77. The number of rotatable bonds is 5. The molecule has 1 aliphatic rings. The largest absolute Gasteiger partial charge is 0.355 e. The molecule has 1 fully saturated rings. The minimum Gasteiger partial charge on any atom is -0.355 e. The fourth-order valence-electron chi connectivity index (χ4n) is 2.89. The van der Waals surface area contributed by atoms with E-state index in [1.807, 2.05) is 31.0 Å². The highest BCUT2D eigenvalue weighted by Gasteiger charge is 2.20. The van der Waals surface area contributed by atoms with Gasteiger partial charge in [0.05, 0.1) is 12.2 Å². The van der Waals surface area contributed by atoms with Gasteiger partial charge in [-0.1, -0.05) is 13.3 Å². The van der Waals surface area contributed by atoms with Crippen LogP contribution in [0.2, 0.25) is 0 Å². The van der Waals surface area contributed by atoms with E-state index in [1.54, 1.807) is 0 Å². The molecule has 6 nitrogen and oxygen atoms in total. The third kappa shape index (κ3) is 4.46. The lowest BCUT2D eigenvalue weighted by atomic mass is 10.0. The lowest BCUT2D eigenvalue weighted by Crippen LogP contribution is -2.48. The van der Waals surface area contributed by atoms with Gasteiger partial charge in [-0.05, 0) is 32.0 Å². The molecule has 1 unspecified atom stereocenters. The lowest BCUT2D eigenvalue weighted by Gasteiger charge is -2.35. The Kier molecular flexibility index (Phi) is 6.04. The topological polar surface area (TPSA) is 57.5 Å². The van der Waals surface area contributed by atoms with Crippen molar-refractivity contribution in [3.63, 3.8) is 0 Å². The zero-order valence-electron chi connectivity index (χ0n) is 13.5.